The van der Waals surface area contributed by atoms with Crippen LogP contribution in [0, 0.1) is 5.82 Å². The molecule has 0 aliphatic carbocycles. The monoisotopic (exact) mass is 443 g/mol. The van der Waals surface area contributed by atoms with Crippen molar-refractivity contribution in [3.05, 3.63) is 23.6 Å². The molecule has 0 saturated heterocycles. The zero-order chi connectivity index (χ0) is 22.4. The van der Waals surface area contributed by atoms with Crippen LogP contribution < -0.4 is 11.1 Å². The van der Waals surface area contributed by atoms with E-state index in [1.165, 1.54) is 6.07 Å². The molecule has 0 bridgehead atoms. The number of nitrogen functional groups attached to an aromatic ring is 1. The molecule has 0 radical (unpaired) electrons. The Labute approximate surface area is 174 Å². The Morgan fingerprint density at radius 3 is 2.73 bits per heavy atom. The zero-order valence-corrected chi connectivity index (χ0v) is 18.3. The zero-order valence-electron chi connectivity index (χ0n) is 17.5. The molecule has 3 N–H and O–H groups in total. The number of ether oxygens (including phenoxy) is 1. The third-order valence-electron chi connectivity index (χ3n) is 5.23. The van der Waals surface area contributed by atoms with E-state index in [4.69, 9.17) is 10.5 Å². The number of anilines is 1. The Morgan fingerprint density at radius 2 is 2.10 bits per heavy atom. The normalized spacial score (nSPS) is 31.2. The number of nitrogens with one attached hydrogen (secondary N) is 1. The number of rotatable bonds is 2. The minimum absolute atomic E-state index is 0.0278. The number of amides is 1. The van der Waals surface area contributed by atoms with Crippen molar-refractivity contribution < 1.29 is 22.5 Å². The Bertz CT molecular complexity index is 1020. The first-order valence-electron chi connectivity index (χ1n) is 9.63. The van der Waals surface area contributed by atoms with Crippen LogP contribution in [0.5, 0.6) is 0 Å². The minimum Gasteiger partial charge on any atom is -0.444 e. The van der Waals surface area contributed by atoms with Crippen molar-refractivity contribution in [2.45, 2.75) is 56.4 Å². The van der Waals surface area contributed by atoms with Gasteiger partial charge in [0, 0.05) is 6.54 Å². The Morgan fingerprint density at radius 1 is 1.40 bits per heavy atom. The average Bonchev–Trinajstić information content (AvgIpc) is 2.63. The third kappa shape index (κ3) is 3.86. The van der Waals surface area contributed by atoms with Crippen molar-refractivity contribution in [3.63, 3.8) is 0 Å². The number of carbonyl (C=O) groups is 1. The SMILES string of the molecule is CC(C)(C)OC(=O)NC1=N[C@](CF)(c2nc(N)ccc2F)C[S@]2(=O)=NCCC[C@@]12C. The minimum atomic E-state index is -3.13. The van der Waals surface area contributed by atoms with E-state index in [-0.39, 0.29) is 23.1 Å². The number of aromatic nitrogens is 1. The first kappa shape index (κ1) is 22.4. The van der Waals surface area contributed by atoms with Crippen LogP contribution in [0.2, 0.25) is 0 Å². The fourth-order valence-electron chi connectivity index (χ4n) is 3.69. The number of aliphatic imine (C=N–C) groups is 1. The molecule has 1 amide bonds. The highest BCUT2D eigenvalue weighted by molar-refractivity contribution is 7.95. The summed E-state index contributed by atoms with van der Waals surface area (Å²) in [4.78, 5) is 20.8. The summed E-state index contributed by atoms with van der Waals surface area (Å²) in [5.41, 5.74) is 2.60. The number of hydrogen-bond acceptors (Lipinski definition) is 7. The molecule has 0 spiro atoms. The second-order valence-corrected chi connectivity index (χ2v) is 11.5. The molecule has 2 aliphatic heterocycles. The van der Waals surface area contributed by atoms with Crippen molar-refractivity contribution in [1.82, 2.24) is 10.3 Å². The molecule has 11 heteroatoms. The summed E-state index contributed by atoms with van der Waals surface area (Å²) in [6, 6.07) is 2.30. The van der Waals surface area contributed by atoms with Gasteiger partial charge in [0.15, 0.2) is 0 Å². The van der Waals surface area contributed by atoms with Gasteiger partial charge in [-0.1, -0.05) is 0 Å². The molecule has 8 nitrogen and oxygen atoms in total. The van der Waals surface area contributed by atoms with E-state index in [0.29, 0.717) is 19.4 Å². The lowest BCUT2D eigenvalue weighted by molar-refractivity contribution is 0.0560. The van der Waals surface area contributed by atoms with E-state index in [0.717, 1.165) is 6.07 Å². The number of nitrogens with zero attached hydrogens (tertiary/aromatic N) is 3. The van der Waals surface area contributed by atoms with Gasteiger partial charge in [-0.25, -0.2) is 27.1 Å². The summed E-state index contributed by atoms with van der Waals surface area (Å²) in [7, 11) is -3.13. The number of carbonyl (C=O) groups excluding carboxylic acids is 1. The van der Waals surface area contributed by atoms with Gasteiger partial charge in [-0.2, -0.15) is 0 Å². The van der Waals surface area contributed by atoms with Gasteiger partial charge >= 0.3 is 6.09 Å². The van der Waals surface area contributed by atoms with Crippen molar-refractivity contribution in [3.8, 4) is 0 Å². The van der Waals surface area contributed by atoms with E-state index >= 15 is 0 Å². The molecule has 166 valence electrons. The van der Waals surface area contributed by atoms with Gasteiger partial charge in [-0.15, -0.1) is 0 Å². The molecule has 1 aromatic rings. The molecule has 3 rings (SSSR count). The quantitative estimate of drug-likeness (QED) is 0.728. The van der Waals surface area contributed by atoms with E-state index in [9.17, 15) is 17.8 Å². The predicted octanol–water partition coefficient (Wildman–Crippen LogP) is 2.93. The summed E-state index contributed by atoms with van der Waals surface area (Å²) in [6.45, 7) is 5.86. The molecular formula is C19H27F2N5O3S. The maximum atomic E-state index is 14.7. The lowest BCUT2D eigenvalue weighted by Crippen LogP contribution is -2.61. The molecule has 0 aromatic carbocycles. The fraction of sp³-hybridized carbons (Fsp3) is 0.632. The van der Waals surface area contributed by atoms with Crippen LogP contribution in [0.3, 0.4) is 0 Å². The number of alkyl carbamates (subject to hydrolysis) is 1. The van der Waals surface area contributed by atoms with E-state index in [1.807, 2.05) is 0 Å². The number of fused-ring (bicyclic) bond motifs is 1. The number of pyridine rings is 1. The lowest BCUT2D eigenvalue weighted by Gasteiger charge is -2.45. The largest absolute Gasteiger partial charge is 0.444 e. The van der Waals surface area contributed by atoms with Gasteiger partial charge in [-0.05, 0) is 52.7 Å². The Hall–Kier alpha value is -2.30. The molecular weight excluding hydrogens is 416 g/mol. The maximum absolute atomic E-state index is 14.7. The summed E-state index contributed by atoms with van der Waals surface area (Å²) in [5, 5.41) is 2.53. The molecule has 0 fully saturated rings. The van der Waals surface area contributed by atoms with Gasteiger partial charge in [0.2, 0.25) is 0 Å². The molecule has 0 saturated carbocycles. The summed E-state index contributed by atoms with van der Waals surface area (Å²) < 4.78 is 51.6. The van der Waals surface area contributed by atoms with Crippen molar-refractivity contribution in [2.75, 3.05) is 24.7 Å². The average molecular weight is 444 g/mol. The smallest absolute Gasteiger partial charge is 0.413 e. The molecule has 0 unspecified atom stereocenters. The number of alkyl halides is 1. The molecule has 1 aromatic heterocycles. The van der Waals surface area contributed by atoms with E-state index < -0.39 is 44.2 Å². The van der Waals surface area contributed by atoms with E-state index in [2.05, 4.69) is 19.7 Å². The highest BCUT2D eigenvalue weighted by Gasteiger charge is 2.55. The van der Waals surface area contributed by atoms with Crippen LogP contribution in [0.1, 0.15) is 46.2 Å². The van der Waals surface area contributed by atoms with Crippen LogP contribution in [-0.4, -0.2) is 50.4 Å². The van der Waals surface area contributed by atoms with Crippen molar-refractivity contribution in [1.29, 1.82) is 0 Å². The van der Waals surface area contributed by atoms with Crippen LogP contribution >= 0.6 is 0 Å². The standard InChI is InChI=1S/C19H27F2N5O3S/c1-17(2,3)29-16(27)25-15-18(4)8-5-9-23-30(18,28)11-19(10-20,26-15)14-12(21)6-7-13(22)24-14/h6-7H,5,8-11H2,1-4H3,(H2,22,24)(H,25,26,27)/t18-,19-,30+/m0/s1. The topological polar surface area (TPSA) is 119 Å². The van der Waals surface area contributed by atoms with Crippen LogP contribution in [0.4, 0.5) is 19.4 Å². The highest BCUT2D eigenvalue weighted by atomic mass is 32.2. The summed E-state index contributed by atoms with van der Waals surface area (Å²) in [5.74, 6) is -1.26. The summed E-state index contributed by atoms with van der Waals surface area (Å²) >= 11 is 0. The van der Waals surface area contributed by atoms with E-state index in [1.54, 1.807) is 27.7 Å². The molecule has 3 heterocycles. The molecule has 3 atom stereocenters. The van der Waals surface area contributed by atoms with Gasteiger partial charge in [-0.3, -0.25) is 10.3 Å². The first-order valence-corrected chi connectivity index (χ1v) is 11.3. The second-order valence-electron chi connectivity index (χ2n) is 8.79. The third-order valence-corrected chi connectivity index (χ3v) is 8.50. The Balaban J connectivity index is 2.20. The number of halogens is 2. The Kier molecular flexibility index (Phi) is 5.55. The van der Waals surface area contributed by atoms with Gasteiger partial charge in [0.1, 0.15) is 45.7 Å². The maximum Gasteiger partial charge on any atom is 0.413 e. The van der Waals surface area contributed by atoms with Crippen molar-refractivity contribution >= 4 is 27.5 Å². The van der Waals surface area contributed by atoms with Gasteiger partial charge in [0.05, 0.1) is 15.5 Å². The number of nitrogens with two attached hydrogens (primary N) is 1. The molecule has 2 aliphatic rings. The first-order chi connectivity index (χ1) is 13.8. The summed E-state index contributed by atoms with van der Waals surface area (Å²) in [6.07, 6.45) is 0.209. The second kappa shape index (κ2) is 7.44. The number of hydrogen-bond donors (Lipinski definition) is 2. The van der Waals surface area contributed by atoms with Crippen LogP contribution in [0.25, 0.3) is 0 Å². The molecule has 30 heavy (non-hydrogen) atoms. The van der Waals surface area contributed by atoms with Crippen molar-refractivity contribution in [2.24, 2.45) is 9.36 Å². The lowest BCUT2D eigenvalue weighted by atomic mass is 9.95. The van der Waals surface area contributed by atoms with Gasteiger partial charge < -0.3 is 10.5 Å². The van der Waals surface area contributed by atoms with Crippen LogP contribution in [0.15, 0.2) is 21.5 Å². The van der Waals surface area contributed by atoms with Crippen LogP contribution in [-0.2, 0) is 20.0 Å². The highest BCUT2D eigenvalue weighted by Crippen LogP contribution is 2.43. The predicted molar refractivity (Wildman–Crippen MR) is 111 cm³/mol. The fourth-order valence-corrected chi connectivity index (χ4v) is 6.60. The van der Waals surface area contributed by atoms with Gasteiger partial charge in [0.25, 0.3) is 0 Å². The number of amidine groups is 1.